The Kier molecular flexibility index (Phi) is 5.17. The van der Waals surface area contributed by atoms with Gasteiger partial charge < -0.3 is 15.8 Å². The van der Waals surface area contributed by atoms with Crippen LogP contribution in [0.5, 0.6) is 0 Å². The second-order valence-corrected chi connectivity index (χ2v) is 7.27. The molecular formula is C15H16N2O4S2. The summed E-state index contributed by atoms with van der Waals surface area (Å²) in [4.78, 5) is 37.3. The minimum atomic E-state index is -0.995. The number of primary amides is 1. The van der Waals surface area contributed by atoms with Gasteiger partial charge in [-0.25, -0.2) is 4.79 Å². The summed E-state index contributed by atoms with van der Waals surface area (Å²) in [6.07, 6.45) is -0.995. The zero-order valence-electron chi connectivity index (χ0n) is 12.8. The van der Waals surface area contributed by atoms with Crippen LogP contribution < -0.4 is 11.1 Å². The van der Waals surface area contributed by atoms with Crippen LogP contribution in [0.15, 0.2) is 17.5 Å². The van der Waals surface area contributed by atoms with E-state index in [1.54, 1.807) is 11.4 Å². The van der Waals surface area contributed by atoms with Crippen LogP contribution in [0.4, 0.5) is 5.00 Å². The van der Waals surface area contributed by atoms with E-state index >= 15 is 0 Å². The standard InChI is InChI=1S/C15H16N2O4S2/c1-7-6-11(9(3)23-7)15(20)21-8(2)13(19)17-14-10(12(16)18)4-5-22-14/h4-6,8H,1-3H3,(H2,16,18)(H,17,19)/t8-/m0/s1. The average molecular weight is 352 g/mol. The van der Waals surface area contributed by atoms with E-state index in [-0.39, 0.29) is 5.56 Å². The predicted octanol–water partition coefficient (Wildman–Crippen LogP) is 2.71. The van der Waals surface area contributed by atoms with Crippen molar-refractivity contribution < 1.29 is 19.1 Å². The first-order chi connectivity index (χ1) is 10.8. The van der Waals surface area contributed by atoms with Gasteiger partial charge in [0.25, 0.3) is 11.8 Å². The molecule has 0 radical (unpaired) electrons. The van der Waals surface area contributed by atoms with E-state index in [9.17, 15) is 14.4 Å². The smallest absolute Gasteiger partial charge is 0.340 e. The summed E-state index contributed by atoms with van der Waals surface area (Å²) < 4.78 is 5.19. The lowest BCUT2D eigenvalue weighted by Gasteiger charge is -2.13. The molecule has 0 saturated carbocycles. The molecule has 2 aromatic rings. The SMILES string of the molecule is Cc1cc(C(=O)O[C@@H](C)C(=O)Nc2sccc2C(N)=O)c(C)s1. The molecule has 2 aromatic heterocycles. The average Bonchev–Trinajstić information content (AvgIpc) is 3.04. The number of anilines is 1. The fraction of sp³-hybridized carbons (Fsp3) is 0.267. The maximum atomic E-state index is 12.1. The molecule has 2 heterocycles. The van der Waals surface area contributed by atoms with Crippen molar-refractivity contribution >= 4 is 45.5 Å². The summed E-state index contributed by atoms with van der Waals surface area (Å²) in [7, 11) is 0. The van der Waals surface area contributed by atoms with E-state index in [1.165, 1.54) is 35.7 Å². The molecule has 0 aromatic carbocycles. The Morgan fingerprint density at radius 2 is 1.96 bits per heavy atom. The molecule has 3 N–H and O–H groups in total. The number of amides is 2. The quantitative estimate of drug-likeness (QED) is 0.808. The van der Waals surface area contributed by atoms with Crippen LogP contribution in [0.1, 0.15) is 37.4 Å². The molecule has 23 heavy (non-hydrogen) atoms. The molecule has 122 valence electrons. The number of nitrogens with one attached hydrogen (secondary N) is 1. The summed E-state index contributed by atoms with van der Waals surface area (Å²) >= 11 is 2.66. The number of nitrogens with two attached hydrogens (primary N) is 1. The van der Waals surface area contributed by atoms with Crippen LogP contribution in [0.3, 0.4) is 0 Å². The number of carbonyl (C=O) groups excluding carboxylic acids is 3. The van der Waals surface area contributed by atoms with Crippen LogP contribution in [0, 0.1) is 13.8 Å². The number of carbonyl (C=O) groups is 3. The highest BCUT2D eigenvalue weighted by Gasteiger charge is 2.22. The molecule has 0 spiro atoms. The zero-order valence-corrected chi connectivity index (χ0v) is 14.5. The van der Waals surface area contributed by atoms with E-state index in [4.69, 9.17) is 10.5 Å². The van der Waals surface area contributed by atoms with E-state index in [1.807, 2.05) is 13.8 Å². The van der Waals surface area contributed by atoms with Crippen molar-refractivity contribution in [2.75, 3.05) is 5.32 Å². The first-order valence-corrected chi connectivity index (χ1v) is 8.45. The van der Waals surface area contributed by atoms with E-state index in [0.717, 1.165) is 9.75 Å². The van der Waals surface area contributed by atoms with Crippen LogP contribution in [0.2, 0.25) is 0 Å². The molecule has 0 fully saturated rings. The van der Waals surface area contributed by atoms with Gasteiger partial charge in [-0.2, -0.15) is 0 Å². The third-order valence-corrected chi connectivity index (χ3v) is 4.88. The molecule has 0 unspecified atom stereocenters. The molecule has 0 aliphatic rings. The molecular weight excluding hydrogens is 336 g/mol. The highest BCUT2D eigenvalue weighted by Crippen LogP contribution is 2.24. The molecule has 2 rings (SSSR count). The third-order valence-electron chi connectivity index (χ3n) is 3.08. The highest BCUT2D eigenvalue weighted by atomic mass is 32.1. The van der Waals surface area contributed by atoms with Gasteiger partial charge in [-0.3, -0.25) is 9.59 Å². The summed E-state index contributed by atoms with van der Waals surface area (Å²) in [5, 5.41) is 4.54. The molecule has 2 amide bonds. The second kappa shape index (κ2) is 6.93. The Hall–Kier alpha value is -2.19. The first-order valence-electron chi connectivity index (χ1n) is 6.75. The second-order valence-electron chi connectivity index (χ2n) is 4.89. The highest BCUT2D eigenvalue weighted by molar-refractivity contribution is 7.14. The molecule has 6 nitrogen and oxygen atoms in total. The van der Waals surface area contributed by atoms with E-state index in [0.29, 0.717) is 10.6 Å². The fourth-order valence-electron chi connectivity index (χ4n) is 1.92. The number of thiophene rings is 2. The zero-order chi connectivity index (χ0) is 17.1. The molecule has 0 aliphatic carbocycles. The summed E-state index contributed by atoms with van der Waals surface area (Å²) in [6, 6.07) is 3.26. The normalized spacial score (nSPS) is 11.8. The minimum absolute atomic E-state index is 0.228. The lowest BCUT2D eigenvalue weighted by atomic mass is 10.2. The summed E-state index contributed by atoms with van der Waals surface area (Å²) in [6.45, 7) is 5.19. The Morgan fingerprint density at radius 3 is 2.52 bits per heavy atom. The van der Waals surface area contributed by atoms with E-state index in [2.05, 4.69) is 5.32 Å². The number of rotatable bonds is 5. The summed E-state index contributed by atoms with van der Waals surface area (Å²) in [5.74, 6) is -1.70. The molecule has 0 aliphatic heterocycles. The molecule has 0 saturated heterocycles. The van der Waals surface area contributed by atoms with Gasteiger partial charge in [-0.05, 0) is 38.3 Å². The van der Waals surface area contributed by atoms with Crippen LogP contribution in [-0.2, 0) is 9.53 Å². The number of hydrogen-bond acceptors (Lipinski definition) is 6. The van der Waals surface area contributed by atoms with Crippen molar-refractivity contribution in [3.05, 3.63) is 38.4 Å². The number of ether oxygens (including phenoxy) is 1. The van der Waals surface area contributed by atoms with Crippen LogP contribution >= 0.6 is 22.7 Å². The van der Waals surface area contributed by atoms with Gasteiger partial charge in [0.1, 0.15) is 5.00 Å². The van der Waals surface area contributed by atoms with Crippen molar-refractivity contribution in [2.45, 2.75) is 26.9 Å². The molecule has 8 heteroatoms. The van der Waals surface area contributed by atoms with Crippen molar-refractivity contribution in [2.24, 2.45) is 5.73 Å². The maximum Gasteiger partial charge on any atom is 0.340 e. The number of hydrogen-bond donors (Lipinski definition) is 2. The minimum Gasteiger partial charge on any atom is -0.449 e. The van der Waals surface area contributed by atoms with Gasteiger partial charge in [0.05, 0.1) is 11.1 Å². The van der Waals surface area contributed by atoms with Crippen LogP contribution in [0.25, 0.3) is 0 Å². The third kappa shape index (κ3) is 3.96. The van der Waals surface area contributed by atoms with Crippen LogP contribution in [-0.4, -0.2) is 23.9 Å². The first kappa shape index (κ1) is 17.2. The van der Waals surface area contributed by atoms with Crippen molar-refractivity contribution in [1.82, 2.24) is 0 Å². The Morgan fingerprint density at radius 1 is 1.26 bits per heavy atom. The Labute approximate surface area is 141 Å². The van der Waals surface area contributed by atoms with Crippen molar-refractivity contribution in [3.8, 4) is 0 Å². The Balaban J connectivity index is 2.02. The van der Waals surface area contributed by atoms with Gasteiger partial charge in [0, 0.05) is 9.75 Å². The van der Waals surface area contributed by atoms with Gasteiger partial charge in [-0.15, -0.1) is 22.7 Å². The fourth-order valence-corrected chi connectivity index (χ4v) is 3.63. The lowest BCUT2D eigenvalue weighted by Crippen LogP contribution is -2.30. The van der Waals surface area contributed by atoms with Gasteiger partial charge >= 0.3 is 5.97 Å². The van der Waals surface area contributed by atoms with Crippen molar-refractivity contribution in [3.63, 3.8) is 0 Å². The largest absolute Gasteiger partial charge is 0.449 e. The van der Waals surface area contributed by atoms with Gasteiger partial charge in [-0.1, -0.05) is 0 Å². The lowest BCUT2D eigenvalue weighted by molar-refractivity contribution is -0.123. The van der Waals surface area contributed by atoms with E-state index < -0.39 is 23.9 Å². The number of aryl methyl sites for hydroxylation is 2. The number of esters is 1. The van der Waals surface area contributed by atoms with Crippen molar-refractivity contribution in [1.29, 1.82) is 0 Å². The predicted molar refractivity (Wildman–Crippen MR) is 90.1 cm³/mol. The topological polar surface area (TPSA) is 98.5 Å². The molecule has 1 atom stereocenters. The van der Waals surface area contributed by atoms with Gasteiger partial charge in [0.15, 0.2) is 6.10 Å². The summed E-state index contributed by atoms with van der Waals surface area (Å²) in [5.41, 5.74) is 5.91. The van der Waals surface area contributed by atoms with Gasteiger partial charge in [0.2, 0.25) is 0 Å². The molecule has 0 bridgehead atoms. The monoisotopic (exact) mass is 352 g/mol. The maximum absolute atomic E-state index is 12.1. The Bertz CT molecular complexity index is 763.